The summed E-state index contributed by atoms with van der Waals surface area (Å²) in [7, 11) is 1.73. The number of aryl methyl sites for hydroxylation is 1. The van der Waals surface area contributed by atoms with Crippen LogP contribution in [0.1, 0.15) is 17.4 Å². The zero-order valence-corrected chi connectivity index (χ0v) is 8.23. The summed E-state index contributed by atoms with van der Waals surface area (Å²) in [5.74, 6) is 0. The number of likely N-dealkylation sites (N-methyl/N-ethyl adjacent to an activating group) is 1. The molecule has 1 aromatic rings. The molecule has 0 N–H and O–H groups in total. The van der Waals surface area contributed by atoms with E-state index in [-0.39, 0.29) is 12.2 Å². The Hall–Kier alpha value is -1.58. The maximum Gasteiger partial charge on any atom is 0.410 e. The van der Waals surface area contributed by atoms with Crippen LogP contribution in [0.4, 0.5) is 4.79 Å². The number of nitrogens with zero attached hydrogens (tertiary/aromatic N) is 2. The molecule has 0 bridgehead atoms. The molecule has 1 unspecified atom stereocenters. The van der Waals surface area contributed by atoms with Gasteiger partial charge in [0.25, 0.3) is 0 Å². The average Bonchev–Trinajstić information content (AvgIpc) is 2.47. The van der Waals surface area contributed by atoms with Gasteiger partial charge in [0.2, 0.25) is 0 Å². The van der Waals surface area contributed by atoms with Crippen LogP contribution in [0.5, 0.6) is 0 Å². The number of pyridine rings is 1. The second-order valence-electron chi connectivity index (χ2n) is 3.48. The maximum atomic E-state index is 11.1. The summed E-state index contributed by atoms with van der Waals surface area (Å²) in [6, 6.07) is 3.82. The van der Waals surface area contributed by atoms with Gasteiger partial charge in [0, 0.05) is 18.9 Å². The summed E-state index contributed by atoms with van der Waals surface area (Å²) >= 11 is 0. The number of hydrogen-bond acceptors (Lipinski definition) is 3. The van der Waals surface area contributed by atoms with Gasteiger partial charge in [0.15, 0.2) is 0 Å². The van der Waals surface area contributed by atoms with E-state index in [1.54, 1.807) is 18.1 Å². The first-order valence-corrected chi connectivity index (χ1v) is 4.51. The number of ether oxygens (including phenoxy) is 1. The topological polar surface area (TPSA) is 42.4 Å². The van der Waals surface area contributed by atoms with Crippen molar-refractivity contribution in [3.05, 3.63) is 29.6 Å². The second kappa shape index (κ2) is 3.29. The monoisotopic (exact) mass is 192 g/mol. The van der Waals surface area contributed by atoms with E-state index in [1.807, 2.05) is 19.1 Å². The molecule has 1 saturated heterocycles. The lowest BCUT2D eigenvalue weighted by atomic mass is 10.1. The molecule has 14 heavy (non-hydrogen) atoms. The van der Waals surface area contributed by atoms with Crippen molar-refractivity contribution in [2.75, 3.05) is 13.6 Å². The standard InChI is InChI=1S/C10H12N2O2/c1-7-5-8(3-4-11-7)9-6-12(2)10(13)14-9/h3-5,9H,6H2,1-2H3. The fourth-order valence-electron chi connectivity index (χ4n) is 1.51. The SMILES string of the molecule is Cc1cc(C2CN(C)C(=O)O2)ccn1. The summed E-state index contributed by atoms with van der Waals surface area (Å²) in [4.78, 5) is 16.8. The van der Waals surface area contributed by atoms with Gasteiger partial charge in [-0.1, -0.05) is 0 Å². The van der Waals surface area contributed by atoms with E-state index < -0.39 is 0 Å². The highest BCUT2D eigenvalue weighted by Gasteiger charge is 2.29. The summed E-state index contributed by atoms with van der Waals surface area (Å²) in [6.07, 6.45) is 1.33. The third-order valence-electron chi connectivity index (χ3n) is 2.29. The Morgan fingerprint density at radius 3 is 3.00 bits per heavy atom. The zero-order chi connectivity index (χ0) is 10.1. The van der Waals surface area contributed by atoms with Crippen LogP contribution in [-0.4, -0.2) is 29.6 Å². The third-order valence-corrected chi connectivity index (χ3v) is 2.29. The minimum atomic E-state index is -0.260. The molecule has 1 aromatic heterocycles. The van der Waals surface area contributed by atoms with Gasteiger partial charge < -0.3 is 9.64 Å². The largest absolute Gasteiger partial charge is 0.439 e. The van der Waals surface area contributed by atoms with Crippen LogP contribution in [0.3, 0.4) is 0 Å². The first-order valence-electron chi connectivity index (χ1n) is 4.51. The van der Waals surface area contributed by atoms with E-state index in [9.17, 15) is 4.79 Å². The van der Waals surface area contributed by atoms with Crippen LogP contribution in [0.15, 0.2) is 18.3 Å². The number of cyclic esters (lactones) is 1. The van der Waals surface area contributed by atoms with Crippen LogP contribution < -0.4 is 0 Å². The second-order valence-corrected chi connectivity index (χ2v) is 3.48. The van der Waals surface area contributed by atoms with Crippen molar-refractivity contribution in [1.29, 1.82) is 0 Å². The lowest BCUT2D eigenvalue weighted by molar-refractivity contribution is 0.135. The molecule has 2 rings (SSSR count). The van der Waals surface area contributed by atoms with Crippen molar-refractivity contribution in [3.8, 4) is 0 Å². The van der Waals surface area contributed by atoms with Crippen LogP contribution in [-0.2, 0) is 4.74 Å². The third kappa shape index (κ3) is 1.55. The lowest BCUT2D eigenvalue weighted by Gasteiger charge is -2.08. The van der Waals surface area contributed by atoms with Gasteiger partial charge in [-0.3, -0.25) is 4.98 Å². The molecule has 1 fully saturated rings. The molecule has 4 nitrogen and oxygen atoms in total. The number of rotatable bonds is 1. The molecular weight excluding hydrogens is 180 g/mol. The number of hydrogen-bond donors (Lipinski definition) is 0. The molecule has 1 aliphatic heterocycles. The Bertz CT molecular complexity index is 365. The van der Waals surface area contributed by atoms with Crippen LogP contribution in [0.25, 0.3) is 0 Å². The van der Waals surface area contributed by atoms with Crippen molar-refractivity contribution in [2.45, 2.75) is 13.0 Å². The minimum Gasteiger partial charge on any atom is -0.439 e. The van der Waals surface area contributed by atoms with Gasteiger partial charge in [-0.25, -0.2) is 4.79 Å². The van der Waals surface area contributed by atoms with Crippen molar-refractivity contribution in [3.63, 3.8) is 0 Å². The first-order chi connectivity index (χ1) is 6.66. The highest BCUT2D eigenvalue weighted by molar-refractivity contribution is 5.69. The molecule has 0 aliphatic carbocycles. The number of amides is 1. The average molecular weight is 192 g/mol. The van der Waals surface area contributed by atoms with Gasteiger partial charge >= 0.3 is 6.09 Å². The number of carbonyl (C=O) groups excluding carboxylic acids is 1. The molecule has 1 atom stereocenters. The predicted molar refractivity (Wildman–Crippen MR) is 50.8 cm³/mol. The number of aromatic nitrogens is 1. The molecule has 1 amide bonds. The molecule has 4 heteroatoms. The first kappa shape index (κ1) is 8.99. The molecule has 0 saturated carbocycles. The Labute approximate surface area is 82.5 Å². The molecule has 0 spiro atoms. The fourth-order valence-corrected chi connectivity index (χ4v) is 1.51. The fraction of sp³-hybridized carbons (Fsp3) is 0.400. The van der Waals surface area contributed by atoms with Gasteiger partial charge in [-0.15, -0.1) is 0 Å². The van der Waals surface area contributed by atoms with Gasteiger partial charge in [0.1, 0.15) is 6.10 Å². The molecule has 1 aliphatic rings. The van der Waals surface area contributed by atoms with E-state index in [2.05, 4.69) is 4.98 Å². The molecule has 74 valence electrons. The quantitative estimate of drug-likeness (QED) is 0.677. The lowest BCUT2D eigenvalue weighted by Crippen LogP contribution is -2.17. The summed E-state index contributed by atoms with van der Waals surface area (Å²) in [6.45, 7) is 2.53. The van der Waals surface area contributed by atoms with E-state index in [0.29, 0.717) is 6.54 Å². The van der Waals surface area contributed by atoms with Crippen LogP contribution >= 0.6 is 0 Å². The Kier molecular flexibility index (Phi) is 2.11. The van der Waals surface area contributed by atoms with Crippen molar-refractivity contribution >= 4 is 6.09 Å². The smallest absolute Gasteiger partial charge is 0.410 e. The van der Waals surface area contributed by atoms with E-state index in [1.165, 1.54) is 0 Å². The summed E-state index contributed by atoms with van der Waals surface area (Å²) < 4.78 is 5.17. The minimum absolute atomic E-state index is 0.144. The molecule has 2 heterocycles. The van der Waals surface area contributed by atoms with Gasteiger partial charge in [-0.05, 0) is 24.6 Å². The van der Waals surface area contributed by atoms with E-state index >= 15 is 0 Å². The van der Waals surface area contributed by atoms with Crippen LogP contribution in [0.2, 0.25) is 0 Å². The van der Waals surface area contributed by atoms with E-state index in [4.69, 9.17) is 4.74 Å². The summed E-state index contributed by atoms with van der Waals surface area (Å²) in [5.41, 5.74) is 1.95. The predicted octanol–water partition coefficient (Wildman–Crippen LogP) is 1.51. The number of carbonyl (C=O) groups is 1. The normalized spacial score (nSPS) is 21.1. The Morgan fingerprint density at radius 1 is 1.64 bits per heavy atom. The van der Waals surface area contributed by atoms with Crippen molar-refractivity contribution < 1.29 is 9.53 Å². The van der Waals surface area contributed by atoms with E-state index in [0.717, 1.165) is 11.3 Å². The van der Waals surface area contributed by atoms with Gasteiger partial charge in [0.05, 0.1) is 6.54 Å². The van der Waals surface area contributed by atoms with Crippen molar-refractivity contribution in [1.82, 2.24) is 9.88 Å². The zero-order valence-electron chi connectivity index (χ0n) is 8.23. The Balaban J connectivity index is 2.21. The maximum absolute atomic E-state index is 11.1. The van der Waals surface area contributed by atoms with Gasteiger partial charge in [-0.2, -0.15) is 0 Å². The highest BCUT2D eigenvalue weighted by atomic mass is 16.6. The molecule has 0 radical (unpaired) electrons. The highest BCUT2D eigenvalue weighted by Crippen LogP contribution is 2.24. The Morgan fingerprint density at radius 2 is 2.43 bits per heavy atom. The molecule has 0 aromatic carbocycles. The molecular formula is C10H12N2O2. The van der Waals surface area contributed by atoms with Crippen molar-refractivity contribution in [2.24, 2.45) is 0 Å². The van der Waals surface area contributed by atoms with Crippen LogP contribution in [0, 0.1) is 6.92 Å². The summed E-state index contributed by atoms with van der Waals surface area (Å²) in [5, 5.41) is 0.